The Morgan fingerprint density at radius 1 is 1.33 bits per heavy atom. The number of H-pyrrole nitrogens is 1. The molecule has 0 aliphatic carbocycles. The Balaban J connectivity index is 1.58. The molecule has 0 amide bonds. The van der Waals surface area contributed by atoms with E-state index in [4.69, 9.17) is 10.1 Å². The fourth-order valence-corrected chi connectivity index (χ4v) is 3.34. The lowest BCUT2D eigenvalue weighted by molar-refractivity contribution is 0.0500. The summed E-state index contributed by atoms with van der Waals surface area (Å²) in [7, 11) is 0. The number of aromatic amines is 1. The standard InChI is InChI=1S/C22H21FN4O3/c1-2-3-9-30-22(29)13-5-4-6-15(10-13)27-12-18(28)19(20(27)24)21-25-16-8-7-14(23)11-17(16)26-21/h4-8,10-11,24,28H,2-3,9,12H2,1H3,(H,25,26). The molecule has 4 rings (SSSR count). The van der Waals surface area contributed by atoms with Crippen molar-refractivity contribution in [1.29, 1.82) is 5.41 Å². The van der Waals surface area contributed by atoms with Crippen LogP contribution in [0.1, 0.15) is 35.9 Å². The molecule has 3 N–H and O–H groups in total. The van der Waals surface area contributed by atoms with Gasteiger partial charge in [-0.05, 0) is 42.8 Å². The number of fused-ring (bicyclic) bond motifs is 1. The minimum absolute atomic E-state index is 0.0310. The van der Waals surface area contributed by atoms with Gasteiger partial charge in [-0.15, -0.1) is 0 Å². The highest BCUT2D eigenvalue weighted by Crippen LogP contribution is 2.31. The van der Waals surface area contributed by atoms with Gasteiger partial charge in [0.2, 0.25) is 0 Å². The van der Waals surface area contributed by atoms with E-state index in [0.717, 1.165) is 12.8 Å². The van der Waals surface area contributed by atoms with Crippen LogP contribution in [0.15, 0.2) is 48.2 Å². The number of hydrogen-bond donors (Lipinski definition) is 3. The summed E-state index contributed by atoms with van der Waals surface area (Å²) < 4.78 is 18.7. The Morgan fingerprint density at radius 3 is 2.97 bits per heavy atom. The maximum absolute atomic E-state index is 13.5. The zero-order valence-electron chi connectivity index (χ0n) is 16.4. The van der Waals surface area contributed by atoms with Crippen LogP contribution in [-0.4, -0.2) is 40.0 Å². The first-order valence-corrected chi connectivity index (χ1v) is 9.69. The minimum atomic E-state index is -0.423. The largest absolute Gasteiger partial charge is 0.509 e. The molecule has 0 spiro atoms. The van der Waals surface area contributed by atoms with Crippen LogP contribution in [0.5, 0.6) is 0 Å². The zero-order valence-corrected chi connectivity index (χ0v) is 16.4. The van der Waals surface area contributed by atoms with Gasteiger partial charge < -0.3 is 19.7 Å². The lowest BCUT2D eigenvalue weighted by Gasteiger charge is -2.19. The topological polar surface area (TPSA) is 102 Å². The molecular formula is C22H21FN4O3. The number of hydrogen-bond acceptors (Lipinski definition) is 5. The van der Waals surface area contributed by atoms with Gasteiger partial charge in [0.1, 0.15) is 23.2 Å². The molecule has 0 bridgehead atoms. The van der Waals surface area contributed by atoms with Crippen molar-refractivity contribution in [3.8, 4) is 0 Å². The van der Waals surface area contributed by atoms with Crippen molar-refractivity contribution in [3.63, 3.8) is 0 Å². The predicted octanol–water partition coefficient (Wildman–Crippen LogP) is 4.43. The van der Waals surface area contributed by atoms with E-state index in [1.165, 1.54) is 18.2 Å². The van der Waals surface area contributed by atoms with Gasteiger partial charge in [0.15, 0.2) is 0 Å². The summed E-state index contributed by atoms with van der Waals surface area (Å²) in [6, 6.07) is 10.9. The predicted molar refractivity (Wildman–Crippen MR) is 112 cm³/mol. The van der Waals surface area contributed by atoms with E-state index in [1.54, 1.807) is 29.2 Å². The molecule has 0 atom stereocenters. The Labute approximate surface area is 172 Å². The number of rotatable bonds is 6. The first kappa shape index (κ1) is 19.6. The molecule has 0 radical (unpaired) electrons. The highest BCUT2D eigenvalue weighted by molar-refractivity contribution is 6.30. The number of ether oxygens (including phenoxy) is 1. The SMILES string of the molecule is CCCCOC(=O)c1cccc(N2CC(O)=C(c3nc4ccc(F)cc4[nH]3)C2=N)c1. The average Bonchev–Trinajstić information content (AvgIpc) is 3.27. The van der Waals surface area contributed by atoms with Crippen molar-refractivity contribution in [2.75, 3.05) is 18.1 Å². The Bertz CT molecular complexity index is 1170. The molecule has 7 nitrogen and oxygen atoms in total. The molecule has 0 fully saturated rings. The quantitative estimate of drug-likeness (QED) is 0.414. The highest BCUT2D eigenvalue weighted by Gasteiger charge is 2.31. The molecule has 1 aliphatic rings. The molecule has 3 aromatic rings. The van der Waals surface area contributed by atoms with Gasteiger partial charge in [0, 0.05) is 5.69 Å². The number of halogens is 1. The van der Waals surface area contributed by atoms with Crippen molar-refractivity contribution < 1.29 is 19.0 Å². The molecule has 2 aromatic carbocycles. The van der Waals surface area contributed by atoms with E-state index in [0.29, 0.717) is 28.9 Å². The summed E-state index contributed by atoms with van der Waals surface area (Å²) in [6.45, 7) is 2.44. The second-order valence-corrected chi connectivity index (χ2v) is 7.04. The third-order valence-corrected chi connectivity index (χ3v) is 4.91. The Morgan fingerprint density at radius 2 is 2.17 bits per heavy atom. The van der Waals surface area contributed by atoms with Crippen LogP contribution in [0.25, 0.3) is 16.6 Å². The van der Waals surface area contributed by atoms with E-state index in [2.05, 4.69) is 9.97 Å². The van der Waals surface area contributed by atoms with Crippen molar-refractivity contribution in [2.24, 2.45) is 0 Å². The monoisotopic (exact) mass is 408 g/mol. The van der Waals surface area contributed by atoms with Crippen LogP contribution < -0.4 is 4.90 Å². The van der Waals surface area contributed by atoms with Crippen molar-refractivity contribution in [2.45, 2.75) is 19.8 Å². The number of imidazole rings is 1. The summed E-state index contributed by atoms with van der Waals surface area (Å²) in [5.41, 5.74) is 2.21. The van der Waals surface area contributed by atoms with Gasteiger partial charge >= 0.3 is 5.97 Å². The average molecular weight is 408 g/mol. The number of nitrogens with one attached hydrogen (secondary N) is 2. The van der Waals surface area contributed by atoms with Gasteiger partial charge in [-0.2, -0.15) is 0 Å². The maximum Gasteiger partial charge on any atom is 0.338 e. The van der Waals surface area contributed by atoms with Gasteiger partial charge in [-0.1, -0.05) is 19.4 Å². The number of carbonyl (C=O) groups is 1. The van der Waals surface area contributed by atoms with E-state index in [-0.39, 0.29) is 29.5 Å². The van der Waals surface area contributed by atoms with Crippen molar-refractivity contribution in [1.82, 2.24) is 9.97 Å². The van der Waals surface area contributed by atoms with Crippen LogP contribution in [0.3, 0.4) is 0 Å². The van der Waals surface area contributed by atoms with Gasteiger partial charge in [0.05, 0.1) is 35.3 Å². The Kier molecular flexibility index (Phi) is 5.22. The maximum atomic E-state index is 13.5. The number of benzene rings is 2. The molecule has 2 heterocycles. The van der Waals surface area contributed by atoms with Crippen LogP contribution in [0, 0.1) is 11.2 Å². The number of amidine groups is 1. The first-order chi connectivity index (χ1) is 14.5. The van der Waals surface area contributed by atoms with Gasteiger partial charge in [-0.3, -0.25) is 5.41 Å². The number of carbonyl (C=O) groups excluding carboxylic acids is 1. The lowest BCUT2D eigenvalue weighted by Crippen LogP contribution is -2.26. The van der Waals surface area contributed by atoms with Crippen molar-refractivity contribution in [3.05, 3.63) is 65.4 Å². The fourth-order valence-electron chi connectivity index (χ4n) is 3.34. The number of aliphatic hydroxyl groups is 1. The molecule has 154 valence electrons. The van der Waals surface area contributed by atoms with Crippen LogP contribution in [0.2, 0.25) is 0 Å². The molecule has 1 aromatic heterocycles. The molecule has 0 unspecified atom stereocenters. The minimum Gasteiger partial charge on any atom is -0.509 e. The third-order valence-electron chi connectivity index (χ3n) is 4.91. The number of aliphatic hydroxyl groups excluding tert-OH is 1. The molecule has 1 aliphatic heterocycles. The van der Waals surface area contributed by atoms with Crippen molar-refractivity contribution >= 4 is 34.1 Å². The number of unbranched alkanes of at least 4 members (excludes halogenated alkanes) is 1. The summed E-state index contributed by atoms with van der Waals surface area (Å²) in [4.78, 5) is 21.1. The van der Waals surface area contributed by atoms with Gasteiger partial charge in [0.25, 0.3) is 0 Å². The van der Waals surface area contributed by atoms with Gasteiger partial charge in [-0.25, -0.2) is 14.2 Å². The van der Waals surface area contributed by atoms with Crippen LogP contribution in [-0.2, 0) is 4.74 Å². The van der Waals surface area contributed by atoms with E-state index in [1.807, 2.05) is 6.92 Å². The summed E-state index contributed by atoms with van der Waals surface area (Å²) in [5.74, 6) is -0.538. The molecule has 8 heteroatoms. The number of nitrogens with zero attached hydrogens (tertiary/aromatic N) is 2. The third kappa shape index (κ3) is 3.63. The van der Waals surface area contributed by atoms with Crippen LogP contribution in [0.4, 0.5) is 10.1 Å². The lowest BCUT2D eigenvalue weighted by atomic mass is 10.2. The molecule has 0 saturated heterocycles. The highest BCUT2D eigenvalue weighted by atomic mass is 19.1. The second-order valence-electron chi connectivity index (χ2n) is 7.04. The molecule has 0 saturated carbocycles. The second kappa shape index (κ2) is 7.98. The zero-order chi connectivity index (χ0) is 21.3. The first-order valence-electron chi connectivity index (χ1n) is 9.69. The Hall–Kier alpha value is -3.68. The number of anilines is 1. The molecular weight excluding hydrogens is 387 g/mol. The number of esters is 1. The summed E-state index contributed by atoms with van der Waals surface area (Å²) in [5, 5.41) is 19.1. The fraction of sp³-hybridized carbons (Fsp3) is 0.227. The van der Waals surface area contributed by atoms with Crippen LogP contribution >= 0.6 is 0 Å². The van der Waals surface area contributed by atoms with E-state index < -0.39 is 11.8 Å². The smallest absolute Gasteiger partial charge is 0.338 e. The number of aromatic nitrogens is 2. The summed E-state index contributed by atoms with van der Waals surface area (Å²) >= 11 is 0. The summed E-state index contributed by atoms with van der Waals surface area (Å²) in [6.07, 6.45) is 1.73. The van der Waals surface area contributed by atoms with E-state index >= 15 is 0 Å². The van der Waals surface area contributed by atoms with E-state index in [9.17, 15) is 14.3 Å². The molecule has 30 heavy (non-hydrogen) atoms. The normalized spacial score (nSPS) is 14.1.